The molecule has 4 rings (SSSR count). The topological polar surface area (TPSA) is 59.2 Å². The average molecular weight is 345 g/mol. The fourth-order valence-corrected chi connectivity index (χ4v) is 3.65. The van der Waals surface area contributed by atoms with Crippen LogP contribution in [0.4, 0.5) is 0 Å². The second-order valence-corrected chi connectivity index (χ2v) is 6.57. The van der Waals surface area contributed by atoms with Crippen molar-refractivity contribution in [2.75, 3.05) is 7.11 Å². The summed E-state index contributed by atoms with van der Waals surface area (Å²) in [6, 6.07) is 19.3. The maximum absolute atomic E-state index is 13.3. The molecule has 1 heterocycles. The fourth-order valence-electron chi connectivity index (χ4n) is 3.65. The van der Waals surface area contributed by atoms with Crippen LogP contribution in [0.1, 0.15) is 17.2 Å². The smallest absolute Gasteiger partial charge is 0.195 e. The molecule has 130 valence electrons. The Bertz CT molecular complexity index is 969. The molecule has 0 saturated carbocycles. The molecule has 4 nitrogen and oxygen atoms in total. The number of nitrogens with one attached hydrogen (secondary N) is 1. The molecule has 0 aliphatic heterocycles. The Morgan fingerprint density at radius 1 is 1.04 bits per heavy atom. The normalized spacial score (nSPS) is 22.9. The number of aromatic nitrogens is 1. The van der Waals surface area contributed by atoms with E-state index in [0.29, 0.717) is 0 Å². The summed E-state index contributed by atoms with van der Waals surface area (Å²) in [4.78, 5) is 29.3. The van der Waals surface area contributed by atoms with E-state index in [2.05, 4.69) is 4.98 Å². The molecule has 0 radical (unpaired) electrons. The molecule has 1 N–H and O–H groups in total. The van der Waals surface area contributed by atoms with E-state index in [9.17, 15) is 9.59 Å². The lowest BCUT2D eigenvalue weighted by Crippen LogP contribution is -2.53. The minimum Gasteiger partial charge on any atom is -0.362 e. The first-order valence-electron chi connectivity index (χ1n) is 8.58. The Hall–Kier alpha value is -2.98. The number of fused-ring (bicyclic) bond motifs is 1. The molecule has 3 aromatic rings. The lowest BCUT2D eigenvalue weighted by Gasteiger charge is -2.33. The van der Waals surface area contributed by atoms with Gasteiger partial charge in [0.1, 0.15) is 0 Å². The van der Waals surface area contributed by atoms with Crippen LogP contribution in [0.25, 0.3) is 10.9 Å². The monoisotopic (exact) mass is 345 g/mol. The van der Waals surface area contributed by atoms with Gasteiger partial charge in [-0.25, -0.2) is 0 Å². The summed E-state index contributed by atoms with van der Waals surface area (Å²) in [5.74, 6) is -1.02. The molecule has 0 fully saturated rings. The third-order valence-corrected chi connectivity index (χ3v) is 5.05. The quantitative estimate of drug-likeness (QED) is 0.735. The summed E-state index contributed by atoms with van der Waals surface area (Å²) in [7, 11) is 1.43. The van der Waals surface area contributed by atoms with Gasteiger partial charge in [-0.1, -0.05) is 54.6 Å². The molecule has 4 heteroatoms. The van der Waals surface area contributed by atoms with Gasteiger partial charge in [0.15, 0.2) is 17.2 Å². The number of benzene rings is 2. The predicted molar refractivity (Wildman–Crippen MR) is 100 cm³/mol. The van der Waals surface area contributed by atoms with Gasteiger partial charge >= 0.3 is 0 Å². The first-order valence-corrected chi connectivity index (χ1v) is 8.58. The Labute approximate surface area is 151 Å². The summed E-state index contributed by atoms with van der Waals surface area (Å²) in [5.41, 5.74) is 1.13. The third kappa shape index (κ3) is 2.59. The number of methoxy groups -OCH3 is 1. The van der Waals surface area contributed by atoms with E-state index in [1.54, 1.807) is 6.08 Å². The van der Waals surface area contributed by atoms with Crippen LogP contribution in [0.3, 0.4) is 0 Å². The molecule has 1 aromatic heterocycles. The Morgan fingerprint density at radius 3 is 2.50 bits per heavy atom. The summed E-state index contributed by atoms with van der Waals surface area (Å²) < 4.78 is 5.58. The van der Waals surface area contributed by atoms with E-state index in [-0.39, 0.29) is 18.0 Å². The molecular formula is C22H19NO3. The average Bonchev–Trinajstić information content (AvgIpc) is 3.08. The van der Waals surface area contributed by atoms with Crippen LogP contribution in [-0.4, -0.2) is 29.3 Å². The molecule has 0 spiro atoms. The number of hydrogen-bond donors (Lipinski definition) is 1. The van der Waals surface area contributed by atoms with Crippen LogP contribution in [0.2, 0.25) is 0 Å². The number of aromatic amines is 1. The number of carbonyl (C=O) groups is 2. The Balaban J connectivity index is 1.74. The van der Waals surface area contributed by atoms with E-state index in [1.807, 2.05) is 60.7 Å². The van der Waals surface area contributed by atoms with Crippen molar-refractivity contribution in [2.45, 2.75) is 17.9 Å². The second kappa shape index (κ2) is 6.39. The number of H-pyrrole nitrogens is 1. The van der Waals surface area contributed by atoms with Crippen molar-refractivity contribution in [3.8, 4) is 0 Å². The number of carbonyl (C=O) groups excluding carboxylic acids is 2. The molecule has 0 saturated heterocycles. The highest BCUT2D eigenvalue weighted by Crippen LogP contribution is 2.34. The number of Topliss-reactive ketones (excluding diaryl/α,β-unsaturated/α-hetero) is 1. The molecule has 1 aliphatic carbocycles. The molecule has 26 heavy (non-hydrogen) atoms. The van der Waals surface area contributed by atoms with E-state index in [1.165, 1.54) is 13.2 Å². The van der Waals surface area contributed by atoms with Gasteiger partial charge in [-0.05, 0) is 29.2 Å². The Morgan fingerprint density at radius 2 is 1.77 bits per heavy atom. The van der Waals surface area contributed by atoms with E-state index in [4.69, 9.17) is 4.74 Å². The number of para-hydroxylation sites is 1. The Kier molecular flexibility index (Phi) is 4.05. The third-order valence-electron chi connectivity index (χ3n) is 5.05. The highest BCUT2D eigenvalue weighted by molar-refractivity contribution is 6.20. The van der Waals surface area contributed by atoms with Crippen LogP contribution in [0.5, 0.6) is 0 Å². The van der Waals surface area contributed by atoms with Crippen LogP contribution in [0.15, 0.2) is 72.8 Å². The number of ketones is 2. The molecule has 0 bridgehead atoms. The highest BCUT2D eigenvalue weighted by Gasteiger charge is 2.50. The minimum absolute atomic E-state index is 0.184. The predicted octanol–water partition coefficient (Wildman–Crippen LogP) is 3.59. The SMILES string of the molecule is COC1(Cc2cc3ccccc3[nH]2)C(=O)C=CC(c2ccccc2)C1=O. The highest BCUT2D eigenvalue weighted by atomic mass is 16.5. The zero-order valence-electron chi connectivity index (χ0n) is 14.4. The number of hydrogen-bond acceptors (Lipinski definition) is 3. The van der Waals surface area contributed by atoms with Gasteiger partial charge in [-0.2, -0.15) is 0 Å². The van der Waals surface area contributed by atoms with Crippen molar-refractivity contribution in [1.29, 1.82) is 0 Å². The first kappa shape index (κ1) is 16.5. The van der Waals surface area contributed by atoms with Gasteiger partial charge in [0, 0.05) is 24.7 Å². The molecule has 2 aromatic carbocycles. The molecule has 1 aliphatic rings. The van der Waals surface area contributed by atoms with Crippen molar-refractivity contribution in [3.05, 3.63) is 84.1 Å². The molecule has 2 atom stereocenters. The van der Waals surface area contributed by atoms with E-state index in [0.717, 1.165) is 22.2 Å². The number of ether oxygens (including phenoxy) is 1. The van der Waals surface area contributed by atoms with Crippen LogP contribution < -0.4 is 0 Å². The molecule has 0 amide bonds. The second-order valence-electron chi connectivity index (χ2n) is 6.57. The fraction of sp³-hybridized carbons (Fsp3) is 0.182. The van der Waals surface area contributed by atoms with Crippen molar-refractivity contribution in [1.82, 2.24) is 4.98 Å². The summed E-state index contributed by atoms with van der Waals surface area (Å²) >= 11 is 0. The van der Waals surface area contributed by atoms with Gasteiger partial charge < -0.3 is 9.72 Å². The van der Waals surface area contributed by atoms with Gasteiger partial charge in [0.2, 0.25) is 0 Å². The van der Waals surface area contributed by atoms with Crippen molar-refractivity contribution in [3.63, 3.8) is 0 Å². The molecule has 2 unspecified atom stereocenters. The van der Waals surface area contributed by atoms with Crippen LogP contribution in [-0.2, 0) is 20.7 Å². The maximum atomic E-state index is 13.3. The van der Waals surface area contributed by atoms with Crippen molar-refractivity contribution < 1.29 is 14.3 Å². The largest absolute Gasteiger partial charge is 0.362 e. The van der Waals surface area contributed by atoms with Crippen LogP contribution in [0, 0.1) is 0 Å². The van der Waals surface area contributed by atoms with Gasteiger partial charge in [-0.15, -0.1) is 0 Å². The van der Waals surface area contributed by atoms with E-state index < -0.39 is 11.5 Å². The summed E-state index contributed by atoms with van der Waals surface area (Å²) in [6.07, 6.45) is 3.33. The lowest BCUT2D eigenvalue weighted by molar-refractivity contribution is -0.153. The van der Waals surface area contributed by atoms with Gasteiger partial charge in [0.05, 0.1) is 5.92 Å². The summed E-state index contributed by atoms with van der Waals surface area (Å²) in [6.45, 7) is 0. The van der Waals surface area contributed by atoms with Crippen LogP contribution >= 0.6 is 0 Å². The van der Waals surface area contributed by atoms with Gasteiger partial charge in [-0.3, -0.25) is 9.59 Å². The summed E-state index contributed by atoms with van der Waals surface area (Å²) in [5, 5.41) is 1.04. The zero-order chi connectivity index (χ0) is 18.1. The minimum atomic E-state index is -1.50. The van der Waals surface area contributed by atoms with Gasteiger partial charge in [0.25, 0.3) is 0 Å². The lowest BCUT2D eigenvalue weighted by atomic mass is 9.75. The van der Waals surface area contributed by atoms with Crippen molar-refractivity contribution in [2.24, 2.45) is 0 Å². The van der Waals surface area contributed by atoms with E-state index >= 15 is 0 Å². The zero-order valence-corrected chi connectivity index (χ0v) is 14.4. The maximum Gasteiger partial charge on any atom is 0.195 e. The first-order chi connectivity index (χ1) is 12.6. The number of rotatable bonds is 4. The van der Waals surface area contributed by atoms with Crippen molar-refractivity contribution >= 4 is 22.5 Å². The standard InChI is InChI=1S/C22H19NO3/c1-26-22(14-17-13-16-9-5-6-10-19(16)23-17)20(24)12-11-18(21(22)25)15-7-3-2-4-8-15/h2-13,18,23H,14H2,1H3. The number of allylic oxidation sites excluding steroid dienone is 1. The molecular weight excluding hydrogens is 326 g/mol.